The Labute approximate surface area is 148 Å². The topological polar surface area (TPSA) is 0 Å². The van der Waals surface area contributed by atoms with Crippen molar-refractivity contribution in [2.45, 2.75) is 84.4 Å². The van der Waals surface area contributed by atoms with Crippen molar-refractivity contribution in [3.05, 3.63) is 29.1 Å². The summed E-state index contributed by atoms with van der Waals surface area (Å²) in [7, 11) is -1.53. The molecule has 0 spiro atoms. The van der Waals surface area contributed by atoms with Crippen molar-refractivity contribution in [3.8, 4) is 0 Å². The SMILES string of the molecule is CCCCc1cc2cc([Si](C(C)C)(C(C)C)C(C)C)ccc2s1. The van der Waals surface area contributed by atoms with Gasteiger partial charge in [0.1, 0.15) is 0 Å². The van der Waals surface area contributed by atoms with Gasteiger partial charge in [0.15, 0.2) is 0 Å². The first kappa shape index (κ1) is 18.7. The van der Waals surface area contributed by atoms with Gasteiger partial charge in [0.25, 0.3) is 0 Å². The zero-order chi connectivity index (χ0) is 17.2. The molecule has 0 radical (unpaired) electrons. The lowest BCUT2D eigenvalue weighted by Gasteiger charge is -2.43. The zero-order valence-corrected chi connectivity index (χ0v) is 17.9. The summed E-state index contributed by atoms with van der Waals surface area (Å²) in [6.45, 7) is 17.0. The van der Waals surface area contributed by atoms with E-state index in [1.807, 2.05) is 11.3 Å². The van der Waals surface area contributed by atoms with Crippen LogP contribution in [0.25, 0.3) is 10.1 Å². The minimum Gasteiger partial charge on any atom is -0.140 e. The summed E-state index contributed by atoms with van der Waals surface area (Å²) in [6, 6.07) is 9.88. The van der Waals surface area contributed by atoms with Gasteiger partial charge in [-0.3, -0.25) is 0 Å². The maximum Gasteiger partial charge on any atom is 0.0942 e. The van der Waals surface area contributed by atoms with E-state index < -0.39 is 8.07 Å². The Morgan fingerprint density at radius 1 is 0.913 bits per heavy atom. The third-order valence-corrected chi connectivity index (χ3v) is 13.9. The Morgan fingerprint density at radius 3 is 2.04 bits per heavy atom. The molecule has 128 valence electrons. The molecule has 1 heterocycles. The second kappa shape index (κ2) is 7.52. The summed E-state index contributed by atoms with van der Waals surface area (Å²) < 4.78 is 1.47. The van der Waals surface area contributed by atoms with Crippen LogP contribution in [0.15, 0.2) is 24.3 Å². The third-order valence-electron chi connectivity index (χ3n) is 5.71. The van der Waals surface area contributed by atoms with Crippen molar-refractivity contribution in [1.82, 2.24) is 0 Å². The molecule has 1 aromatic heterocycles. The van der Waals surface area contributed by atoms with Crippen molar-refractivity contribution in [3.63, 3.8) is 0 Å². The number of thiophene rings is 1. The van der Waals surface area contributed by atoms with Crippen LogP contribution in [0.1, 0.15) is 66.2 Å². The summed E-state index contributed by atoms with van der Waals surface area (Å²) in [6.07, 6.45) is 3.83. The minimum atomic E-state index is -1.53. The van der Waals surface area contributed by atoms with Crippen molar-refractivity contribution >= 4 is 34.7 Å². The highest BCUT2D eigenvalue weighted by atomic mass is 32.1. The van der Waals surface area contributed by atoms with E-state index in [0.29, 0.717) is 0 Å². The lowest BCUT2D eigenvalue weighted by atomic mass is 10.2. The molecule has 0 fully saturated rings. The Balaban J connectivity index is 2.52. The quantitative estimate of drug-likeness (QED) is 0.468. The van der Waals surface area contributed by atoms with E-state index in [4.69, 9.17) is 0 Å². The summed E-state index contributed by atoms with van der Waals surface area (Å²) in [5, 5.41) is 3.15. The average molecular weight is 347 g/mol. The molecule has 0 saturated carbocycles. The number of hydrogen-bond acceptors (Lipinski definition) is 1. The average Bonchev–Trinajstić information content (AvgIpc) is 2.86. The number of rotatable bonds is 7. The largest absolute Gasteiger partial charge is 0.140 e. The zero-order valence-electron chi connectivity index (χ0n) is 16.1. The van der Waals surface area contributed by atoms with Crippen LogP contribution in [0.3, 0.4) is 0 Å². The van der Waals surface area contributed by atoms with Gasteiger partial charge in [0, 0.05) is 9.58 Å². The number of aryl methyl sites for hydroxylation is 1. The molecular formula is C21H34SSi. The number of benzene rings is 1. The van der Waals surface area contributed by atoms with E-state index in [1.165, 1.54) is 29.3 Å². The van der Waals surface area contributed by atoms with Crippen LogP contribution in [-0.2, 0) is 6.42 Å². The van der Waals surface area contributed by atoms with Crippen LogP contribution in [0.2, 0.25) is 16.6 Å². The Bertz CT molecular complexity index is 615. The van der Waals surface area contributed by atoms with Gasteiger partial charge in [-0.2, -0.15) is 0 Å². The molecule has 0 nitrogen and oxygen atoms in total. The molecule has 0 aliphatic rings. The van der Waals surface area contributed by atoms with E-state index in [0.717, 1.165) is 16.6 Å². The van der Waals surface area contributed by atoms with E-state index in [9.17, 15) is 0 Å². The second-order valence-electron chi connectivity index (χ2n) is 7.97. The van der Waals surface area contributed by atoms with Crippen molar-refractivity contribution in [2.24, 2.45) is 0 Å². The molecule has 0 N–H and O–H groups in total. The standard InChI is InChI=1S/C21H34SSi/c1-8-9-10-19-13-18-14-20(11-12-21(18)22-19)23(15(2)3,16(4)5)17(6)7/h11-17H,8-10H2,1-7H3. The van der Waals surface area contributed by atoms with Gasteiger partial charge in [-0.05, 0) is 47.0 Å². The van der Waals surface area contributed by atoms with Crippen LogP contribution >= 0.6 is 11.3 Å². The number of fused-ring (bicyclic) bond motifs is 1. The number of hydrogen-bond donors (Lipinski definition) is 0. The highest BCUT2D eigenvalue weighted by molar-refractivity contribution is 7.19. The molecule has 2 aromatic rings. The molecule has 2 rings (SSSR count). The first-order valence-electron chi connectivity index (χ1n) is 9.36. The summed E-state index contributed by atoms with van der Waals surface area (Å²) in [5.74, 6) is 0. The fourth-order valence-corrected chi connectivity index (χ4v) is 12.7. The molecule has 23 heavy (non-hydrogen) atoms. The predicted molar refractivity (Wildman–Crippen MR) is 111 cm³/mol. The lowest BCUT2D eigenvalue weighted by molar-refractivity contribution is 0.804. The molecule has 0 bridgehead atoms. The van der Waals surface area contributed by atoms with Crippen LogP contribution in [0.5, 0.6) is 0 Å². The lowest BCUT2D eigenvalue weighted by Crippen LogP contribution is -2.55. The van der Waals surface area contributed by atoms with Crippen LogP contribution in [0, 0.1) is 0 Å². The van der Waals surface area contributed by atoms with E-state index in [2.05, 4.69) is 72.7 Å². The fraction of sp³-hybridized carbons (Fsp3) is 0.619. The Hall–Kier alpha value is -0.603. The molecule has 0 aliphatic carbocycles. The first-order chi connectivity index (χ1) is 10.8. The molecule has 0 saturated heterocycles. The summed E-state index contributed by atoms with van der Waals surface area (Å²) in [4.78, 5) is 1.56. The minimum absolute atomic E-state index is 0.776. The molecule has 0 unspecified atom stereocenters. The van der Waals surface area contributed by atoms with Gasteiger partial charge >= 0.3 is 0 Å². The predicted octanol–water partition coefficient (Wildman–Crippen LogP) is 7.13. The molecule has 0 amide bonds. The summed E-state index contributed by atoms with van der Waals surface area (Å²) in [5.41, 5.74) is 2.33. The molecule has 0 atom stereocenters. The van der Waals surface area contributed by atoms with Gasteiger partial charge in [0.05, 0.1) is 8.07 Å². The van der Waals surface area contributed by atoms with Crippen LogP contribution in [-0.4, -0.2) is 8.07 Å². The van der Waals surface area contributed by atoms with Gasteiger partial charge in [-0.15, -0.1) is 11.3 Å². The molecule has 0 aliphatic heterocycles. The van der Waals surface area contributed by atoms with Gasteiger partial charge in [-0.1, -0.05) is 72.2 Å². The molecule has 1 aromatic carbocycles. The summed E-state index contributed by atoms with van der Waals surface area (Å²) >= 11 is 2.00. The number of unbranched alkanes of at least 4 members (excludes halogenated alkanes) is 1. The highest BCUT2D eigenvalue weighted by Gasteiger charge is 2.44. The van der Waals surface area contributed by atoms with E-state index in [-0.39, 0.29) is 0 Å². The van der Waals surface area contributed by atoms with Crippen molar-refractivity contribution in [2.75, 3.05) is 0 Å². The first-order valence-corrected chi connectivity index (χ1v) is 12.4. The van der Waals surface area contributed by atoms with Crippen LogP contribution < -0.4 is 5.19 Å². The molecule has 2 heteroatoms. The monoisotopic (exact) mass is 346 g/mol. The fourth-order valence-electron chi connectivity index (χ4n) is 4.84. The van der Waals surface area contributed by atoms with Crippen LogP contribution in [0.4, 0.5) is 0 Å². The molecular weight excluding hydrogens is 312 g/mol. The Morgan fingerprint density at radius 2 is 1.52 bits per heavy atom. The van der Waals surface area contributed by atoms with E-state index in [1.54, 1.807) is 10.1 Å². The Kier molecular flexibility index (Phi) is 6.13. The highest BCUT2D eigenvalue weighted by Crippen LogP contribution is 2.41. The van der Waals surface area contributed by atoms with Crippen molar-refractivity contribution < 1.29 is 0 Å². The maximum atomic E-state index is 2.55. The van der Waals surface area contributed by atoms with Crippen molar-refractivity contribution in [1.29, 1.82) is 0 Å². The normalized spacial score (nSPS) is 13.0. The third kappa shape index (κ3) is 3.44. The van der Waals surface area contributed by atoms with Gasteiger partial charge in [0.2, 0.25) is 0 Å². The van der Waals surface area contributed by atoms with E-state index >= 15 is 0 Å². The van der Waals surface area contributed by atoms with Gasteiger partial charge in [-0.25, -0.2) is 0 Å². The smallest absolute Gasteiger partial charge is 0.0942 e. The van der Waals surface area contributed by atoms with Gasteiger partial charge < -0.3 is 0 Å². The maximum absolute atomic E-state index is 2.55. The second-order valence-corrected chi connectivity index (χ2v) is 15.0.